The second-order valence-electron chi connectivity index (χ2n) is 5.78. The van der Waals surface area contributed by atoms with Crippen molar-refractivity contribution in [1.82, 2.24) is 19.9 Å². The maximum absolute atomic E-state index is 12.8. The smallest absolute Gasteiger partial charge is 0.424 e. The molecule has 0 atom stereocenters. The van der Waals surface area contributed by atoms with Crippen LogP contribution >= 0.6 is 0 Å². The summed E-state index contributed by atoms with van der Waals surface area (Å²) in [4.78, 5) is 26.4. The fraction of sp³-hybridized carbons (Fsp3) is 0.0526. The fourth-order valence-corrected chi connectivity index (χ4v) is 2.58. The average Bonchev–Trinajstić information content (AvgIpc) is 2.68. The Hall–Kier alpha value is -3.75. The first-order valence-corrected chi connectivity index (χ1v) is 8.08. The summed E-state index contributed by atoms with van der Waals surface area (Å²) in [6.45, 7) is 0. The number of nitrogens with one attached hydrogen (secondary N) is 1. The third-order valence-electron chi connectivity index (χ3n) is 3.85. The number of aromatic nitrogens is 4. The minimum atomic E-state index is -4.60. The molecule has 0 amide bonds. The van der Waals surface area contributed by atoms with Crippen LogP contribution in [0.3, 0.4) is 0 Å². The minimum Gasteiger partial charge on any atom is -0.424 e. The van der Waals surface area contributed by atoms with Gasteiger partial charge in [0, 0.05) is 11.8 Å². The molecule has 0 saturated heterocycles. The molecular weight excluding hydrogens is 373 g/mol. The van der Waals surface area contributed by atoms with E-state index in [2.05, 4.69) is 19.9 Å². The number of alkyl halides is 3. The highest BCUT2D eigenvalue weighted by molar-refractivity contribution is 5.79. The molecule has 2 aromatic heterocycles. The molecule has 2 aromatic carbocycles. The van der Waals surface area contributed by atoms with Gasteiger partial charge in [0.25, 0.3) is 5.56 Å². The molecule has 2 heterocycles. The lowest BCUT2D eigenvalue weighted by Gasteiger charge is -2.09. The molecule has 0 radical (unpaired) electrons. The molecule has 0 spiro atoms. The number of ether oxygens (including phenoxy) is 1. The highest BCUT2D eigenvalue weighted by atomic mass is 19.4. The first-order valence-electron chi connectivity index (χ1n) is 8.08. The van der Waals surface area contributed by atoms with Gasteiger partial charge >= 0.3 is 12.2 Å². The van der Waals surface area contributed by atoms with E-state index < -0.39 is 17.9 Å². The maximum atomic E-state index is 12.8. The Bertz CT molecular complexity index is 1220. The Kier molecular flexibility index (Phi) is 4.26. The van der Waals surface area contributed by atoms with Gasteiger partial charge in [0.1, 0.15) is 11.6 Å². The lowest BCUT2D eigenvalue weighted by atomic mass is 10.2. The number of H-pyrrole nitrogens is 1. The summed E-state index contributed by atoms with van der Waals surface area (Å²) < 4.78 is 43.7. The van der Waals surface area contributed by atoms with Crippen LogP contribution in [0.5, 0.6) is 11.8 Å². The first-order chi connectivity index (χ1) is 13.4. The van der Waals surface area contributed by atoms with Crippen molar-refractivity contribution in [1.29, 1.82) is 0 Å². The standard InChI is InChI=1S/C19H11F3N4O2/c20-19(21,22)15-8-9-23-18(25-15)28-12-5-3-4-11(10-12)16-24-14-7-2-1-6-13(14)17(27)26-16/h1-10H,(H,24,26,27). The lowest BCUT2D eigenvalue weighted by molar-refractivity contribution is -0.141. The van der Waals surface area contributed by atoms with Crippen LogP contribution in [0, 0.1) is 0 Å². The number of halogens is 3. The van der Waals surface area contributed by atoms with Gasteiger partial charge in [0.2, 0.25) is 0 Å². The second kappa shape index (κ2) is 6.76. The van der Waals surface area contributed by atoms with Crippen LogP contribution in [0.4, 0.5) is 13.2 Å². The Morgan fingerprint density at radius 1 is 0.964 bits per heavy atom. The number of aromatic amines is 1. The molecule has 0 saturated carbocycles. The molecule has 0 unspecified atom stereocenters. The van der Waals surface area contributed by atoms with Crippen molar-refractivity contribution in [2.75, 3.05) is 0 Å². The summed E-state index contributed by atoms with van der Waals surface area (Å²) in [5.74, 6) is 0.506. The molecule has 6 nitrogen and oxygen atoms in total. The molecule has 0 aliphatic carbocycles. The van der Waals surface area contributed by atoms with E-state index in [9.17, 15) is 18.0 Å². The van der Waals surface area contributed by atoms with Crippen LogP contribution in [-0.2, 0) is 6.18 Å². The van der Waals surface area contributed by atoms with Crippen molar-refractivity contribution in [2.24, 2.45) is 0 Å². The quantitative estimate of drug-likeness (QED) is 0.573. The van der Waals surface area contributed by atoms with Gasteiger partial charge in [-0.2, -0.15) is 18.2 Å². The van der Waals surface area contributed by atoms with E-state index in [0.717, 1.165) is 12.3 Å². The molecule has 1 N–H and O–H groups in total. The number of nitrogens with zero attached hydrogens (tertiary/aromatic N) is 3. The summed E-state index contributed by atoms with van der Waals surface area (Å²) in [6.07, 6.45) is -3.63. The van der Waals surface area contributed by atoms with Gasteiger partial charge in [-0.3, -0.25) is 4.79 Å². The Balaban J connectivity index is 1.68. The lowest BCUT2D eigenvalue weighted by Crippen LogP contribution is -2.09. The third kappa shape index (κ3) is 3.54. The Labute approximate surface area is 155 Å². The molecule has 0 fully saturated rings. The van der Waals surface area contributed by atoms with Crippen molar-refractivity contribution in [3.8, 4) is 23.1 Å². The van der Waals surface area contributed by atoms with E-state index in [0.29, 0.717) is 22.3 Å². The molecule has 28 heavy (non-hydrogen) atoms. The number of fused-ring (bicyclic) bond motifs is 1. The topological polar surface area (TPSA) is 80.8 Å². The van der Waals surface area contributed by atoms with E-state index in [-0.39, 0.29) is 11.3 Å². The maximum Gasteiger partial charge on any atom is 0.433 e. The Morgan fingerprint density at radius 3 is 2.61 bits per heavy atom. The molecule has 4 rings (SSSR count). The molecule has 0 aliphatic heterocycles. The fourth-order valence-electron chi connectivity index (χ4n) is 2.58. The summed E-state index contributed by atoms with van der Waals surface area (Å²) in [5.41, 5.74) is -0.358. The summed E-state index contributed by atoms with van der Waals surface area (Å²) in [6, 6.07) is 13.6. The van der Waals surface area contributed by atoms with Crippen molar-refractivity contribution >= 4 is 10.9 Å². The molecular formula is C19H11F3N4O2. The van der Waals surface area contributed by atoms with Crippen LogP contribution in [0.15, 0.2) is 65.6 Å². The van der Waals surface area contributed by atoms with Gasteiger partial charge in [0.05, 0.1) is 10.9 Å². The Morgan fingerprint density at radius 2 is 1.79 bits per heavy atom. The van der Waals surface area contributed by atoms with Crippen LogP contribution in [-0.4, -0.2) is 19.9 Å². The summed E-state index contributed by atoms with van der Waals surface area (Å²) in [5, 5.41) is 0.455. The van der Waals surface area contributed by atoms with Crippen molar-refractivity contribution < 1.29 is 17.9 Å². The van der Waals surface area contributed by atoms with Crippen LogP contribution in [0.25, 0.3) is 22.3 Å². The van der Waals surface area contributed by atoms with E-state index in [4.69, 9.17) is 4.74 Å². The van der Waals surface area contributed by atoms with E-state index in [1.165, 1.54) is 12.1 Å². The monoisotopic (exact) mass is 384 g/mol. The molecule has 0 bridgehead atoms. The SMILES string of the molecule is O=c1[nH]c(-c2cccc(Oc3nccc(C(F)(F)F)n3)c2)nc2ccccc12. The summed E-state index contributed by atoms with van der Waals surface area (Å²) in [7, 11) is 0. The van der Waals surface area contributed by atoms with Gasteiger partial charge in [-0.15, -0.1) is 0 Å². The van der Waals surface area contributed by atoms with E-state index in [1.54, 1.807) is 36.4 Å². The zero-order chi connectivity index (χ0) is 19.7. The van der Waals surface area contributed by atoms with Gasteiger partial charge in [-0.25, -0.2) is 9.97 Å². The largest absolute Gasteiger partial charge is 0.433 e. The number of benzene rings is 2. The normalized spacial score (nSPS) is 11.5. The highest BCUT2D eigenvalue weighted by Crippen LogP contribution is 2.29. The van der Waals surface area contributed by atoms with Gasteiger partial charge in [-0.1, -0.05) is 24.3 Å². The molecule has 4 aromatic rings. The second-order valence-corrected chi connectivity index (χ2v) is 5.78. The van der Waals surface area contributed by atoms with Crippen molar-refractivity contribution in [3.05, 3.63) is 76.8 Å². The zero-order valence-electron chi connectivity index (χ0n) is 14.1. The molecule has 9 heteroatoms. The van der Waals surface area contributed by atoms with Crippen LogP contribution < -0.4 is 10.3 Å². The molecule has 140 valence electrons. The van der Waals surface area contributed by atoms with Gasteiger partial charge < -0.3 is 9.72 Å². The van der Waals surface area contributed by atoms with E-state index >= 15 is 0 Å². The van der Waals surface area contributed by atoms with Crippen LogP contribution in [0.2, 0.25) is 0 Å². The number of rotatable bonds is 3. The minimum absolute atomic E-state index is 0.202. The highest BCUT2D eigenvalue weighted by Gasteiger charge is 2.33. The van der Waals surface area contributed by atoms with Crippen LogP contribution in [0.1, 0.15) is 5.69 Å². The van der Waals surface area contributed by atoms with E-state index in [1.807, 2.05) is 0 Å². The predicted octanol–water partition coefficient (Wildman–Crippen LogP) is 4.19. The van der Waals surface area contributed by atoms with Crippen molar-refractivity contribution in [3.63, 3.8) is 0 Å². The average molecular weight is 384 g/mol. The number of para-hydroxylation sites is 1. The van der Waals surface area contributed by atoms with Gasteiger partial charge in [0.15, 0.2) is 5.69 Å². The number of hydrogen-bond acceptors (Lipinski definition) is 5. The summed E-state index contributed by atoms with van der Waals surface area (Å²) >= 11 is 0. The predicted molar refractivity (Wildman–Crippen MR) is 94.9 cm³/mol. The zero-order valence-corrected chi connectivity index (χ0v) is 14.1. The number of hydrogen-bond donors (Lipinski definition) is 1. The molecule has 0 aliphatic rings. The third-order valence-corrected chi connectivity index (χ3v) is 3.85. The van der Waals surface area contributed by atoms with Crippen molar-refractivity contribution in [2.45, 2.75) is 6.18 Å². The van der Waals surface area contributed by atoms with Gasteiger partial charge in [-0.05, 0) is 30.3 Å². The first kappa shape index (κ1) is 17.7.